The highest BCUT2D eigenvalue weighted by atomic mass is 16.2. The van der Waals surface area contributed by atoms with Crippen molar-refractivity contribution >= 4 is 5.91 Å². The van der Waals surface area contributed by atoms with E-state index in [2.05, 4.69) is 54.0 Å². The average Bonchev–Trinajstić information content (AvgIpc) is 2.88. The zero-order chi connectivity index (χ0) is 15.0. The lowest BCUT2D eigenvalue weighted by Crippen LogP contribution is -2.57. The highest BCUT2D eigenvalue weighted by Gasteiger charge is 2.52. The normalized spacial score (nSPS) is 29.7. The molecule has 2 atom stereocenters. The molecule has 0 aliphatic carbocycles. The third kappa shape index (κ3) is 2.38. The van der Waals surface area contributed by atoms with E-state index in [0.29, 0.717) is 12.1 Å². The van der Waals surface area contributed by atoms with E-state index in [1.54, 1.807) is 6.92 Å². The van der Waals surface area contributed by atoms with Gasteiger partial charge in [-0.25, -0.2) is 0 Å². The van der Waals surface area contributed by atoms with Gasteiger partial charge in [-0.2, -0.15) is 0 Å². The molecule has 0 N–H and O–H groups in total. The molecule has 3 nitrogen and oxygen atoms in total. The van der Waals surface area contributed by atoms with Crippen LogP contribution in [-0.4, -0.2) is 47.4 Å². The summed E-state index contributed by atoms with van der Waals surface area (Å²) < 4.78 is 0. The number of hydrogen-bond acceptors (Lipinski definition) is 2. The Morgan fingerprint density at radius 3 is 2.48 bits per heavy atom. The second-order valence-electron chi connectivity index (χ2n) is 6.84. The number of piperidine rings is 1. The average molecular weight is 286 g/mol. The van der Waals surface area contributed by atoms with Crippen molar-refractivity contribution in [2.45, 2.75) is 51.1 Å². The van der Waals surface area contributed by atoms with Crippen LogP contribution in [0.5, 0.6) is 0 Å². The Hall–Kier alpha value is -1.35. The second-order valence-corrected chi connectivity index (χ2v) is 6.84. The number of amides is 1. The lowest BCUT2D eigenvalue weighted by molar-refractivity contribution is -0.131. The summed E-state index contributed by atoms with van der Waals surface area (Å²) in [4.78, 5) is 16.7. The quantitative estimate of drug-likeness (QED) is 0.834. The van der Waals surface area contributed by atoms with E-state index in [1.807, 2.05) is 0 Å². The van der Waals surface area contributed by atoms with Gasteiger partial charge < -0.3 is 4.90 Å². The van der Waals surface area contributed by atoms with E-state index < -0.39 is 0 Å². The lowest BCUT2D eigenvalue weighted by Gasteiger charge is -2.47. The first-order valence-electron chi connectivity index (χ1n) is 8.11. The third-order valence-electron chi connectivity index (χ3n) is 5.55. The number of hydrogen-bond donors (Lipinski definition) is 0. The monoisotopic (exact) mass is 286 g/mol. The van der Waals surface area contributed by atoms with Crippen LogP contribution in [0.4, 0.5) is 0 Å². The molecule has 0 unspecified atom stereocenters. The molecule has 3 rings (SSSR count). The summed E-state index contributed by atoms with van der Waals surface area (Å²) in [5.41, 5.74) is 1.58. The molecule has 0 bridgehead atoms. The van der Waals surface area contributed by atoms with Crippen LogP contribution in [0.25, 0.3) is 0 Å². The summed E-state index contributed by atoms with van der Waals surface area (Å²) in [6, 6.07) is 11.7. The van der Waals surface area contributed by atoms with E-state index in [0.717, 1.165) is 32.5 Å². The van der Waals surface area contributed by atoms with Gasteiger partial charge >= 0.3 is 0 Å². The summed E-state index contributed by atoms with van der Waals surface area (Å²) in [7, 11) is 0. The highest BCUT2D eigenvalue weighted by Crippen LogP contribution is 2.46. The van der Waals surface area contributed by atoms with Crippen molar-refractivity contribution in [2.24, 2.45) is 0 Å². The standard InChI is InChI=1S/C18H26N2O/c1-14(2)19-11-9-18(16-7-5-4-6-8-16)10-12-20(15(3)21)17(18)13-19/h4-8,14,17H,9-13H2,1-3H3/t17-,18-/m1/s1. The van der Waals surface area contributed by atoms with Crippen molar-refractivity contribution in [1.82, 2.24) is 9.80 Å². The summed E-state index contributed by atoms with van der Waals surface area (Å²) in [5.74, 6) is 0.225. The van der Waals surface area contributed by atoms with Gasteiger partial charge in [-0.1, -0.05) is 30.3 Å². The molecular formula is C18H26N2O. The van der Waals surface area contributed by atoms with Crippen molar-refractivity contribution in [3.05, 3.63) is 35.9 Å². The lowest BCUT2D eigenvalue weighted by atomic mass is 9.69. The fourth-order valence-electron chi connectivity index (χ4n) is 4.26. The van der Waals surface area contributed by atoms with Gasteiger partial charge in [-0.05, 0) is 38.8 Å². The van der Waals surface area contributed by atoms with E-state index in [9.17, 15) is 4.79 Å². The van der Waals surface area contributed by atoms with Gasteiger partial charge in [0, 0.05) is 31.5 Å². The number of carbonyl (C=O) groups excluding carboxylic acids is 1. The Bertz CT molecular complexity index is 513. The summed E-state index contributed by atoms with van der Waals surface area (Å²) in [5, 5.41) is 0. The Morgan fingerprint density at radius 1 is 1.19 bits per heavy atom. The van der Waals surface area contributed by atoms with Crippen molar-refractivity contribution < 1.29 is 4.79 Å². The molecule has 1 amide bonds. The SMILES string of the molecule is CC(=O)N1CC[C@@]2(c3ccccc3)CCN(C(C)C)C[C@@H]12. The molecule has 114 valence electrons. The van der Waals surface area contributed by atoms with Crippen LogP contribution >= 0.6 is 0 Å². The zero-order valence-corrected chi connectivity index (χ0v) is 13.4. The van der Waals surface area contributed by atoms with Crippen LogP contribution < -0.4 is 0 Å². The van der Waals surface area contributed by atoms with Crippen molar-refractivity contribution in [3.8, 4) is 0 Å². The van der Waals surface area contributed by atoms with Crippen LogP contribution in [0.2, 0.25) is 0 Å². The predicted molar refractivity (Wildman–Crippen MR) is 85.2 cm³/mol. The Labute approximate surface area is 127 Å². The topological polar surface area (TPSA) is 23.6 Å². The van der Waals surface area contributed by atoms with E-state index in [1.165, 1.54) is 5.56 Å². The van der Waals surface area contributed by atoms with Crippen molar-refractivity contribution in [2.75, 3.05) is 19.6 Å². The molecule has 2 heterocycles. The number of rotatable bonds is 2. The van der Waals surface area contributed by atoms with E-state index in [-0.39, 0.29) is 11.3 Å². The first kappa shape index (κ1) is 14.6. The van der Waals surface area contributed by atoms with Crippen molar-refractivity contribution in [3.63, 3.8) is 0 Å². The van der Waals surface area contributed by atoms with Crippen LogP contribution in [0, 0.1) is 0 Å². The number of likely N-dealkylation sites (tertiary alicyclic amines) is 2. The van der Waals surface area contributed by atoms with E-state index >= 15 is 0 Å². The number of benzene rings is 1. The van der Waals surface area contributed by atoms with Crippen LogP contribution in [0.3, 0.4) is 0 Å². The Kier molecular flexibility index (Phi) is 3.78. The molecule has 2 aliphatic heterocycles. The van der Waals surface area contributed by atoms with E-state index in [4.69, 9.17) is 0 Å². The molecule has 2 aliphatic rings. The molecule has 2 saturated heterocycles. The number of carbonyl (C=O) groups is 1. The highest BCUT2D eigenvalue weighted by molar-refractivity contribution is 5.74. The molecule has 1 aromatic carbocycles. The Morgan fingerprint density at radius 2 is 1.86 bits per heavy atom. The van der Waals surface area contributed by atoms with Crippen LogP contribution in [-0.2, 0) is 10.2 Å². The zero-order valence-electron chi connectivity index (χ0n) is 13.4. The van der Waals surface area contributed by atoms with Gasteiger partial charge in [-0.3, -0.25) is 9.69 Å². The molecule has 2 fully saturated rings. The third-order valence-corrected chi connectivity index (χ3v) is 5.55. The largest absolute Gasteiger partial charge is 0.338 e. The Balaban J connectivity index is 1.97. The number of nitrogens with zero attached hydrogens (tertiary/aromatic N) is 2. The predicted octanol–water partition coefficient (Wildman–Crippen LogP) is 2.66. The fraction of sp³-hybridized carbons (Fsp3) is 0.611. The summed E-state index contributed by atoms with van der Waals surface area (Å²) in [6.45, 7) is 9.27. The number of fused-ring (bicyclic) bond motifs is 1. The maximum atomic E-state index is 12.1. The van der Waals surface area contributed by atoms with Gasteiger partial charge in [0.2, 0.25) is 5.91 Å². The van der Waals surface area contributed by atoms with Crippen LogP contribution in [0.15, 0.2) is 30.3 Å². The minimum atomic E-state index is 0.165. The summed E-state index contributed by atoms with van der Waals surface area (Å²) in [6.07, 6.45) is 2.26. The smallest absolute Gasteiger partial charge is 0.219 e. The van der Waals surface area contributed by atoms with Gasteiger partial charge in [-0.15, -0.1) is 0 Å². The van der Waals surface area contributed by atoms with Crippen LogP contribution in [0.1, 0.15) is 39.2 Å². The molecular weight excluding hydrogens is 260 g/mol. The molecule has 1 aromatic rings. The minimum absolute atomic E-state index is 0.165. The minimum Gasteiger partial charge on any atom is -0.338 e. The van der Waals surface area contributed by atoms with Gasteiger partial charge in [0.1, 0.15) is 0 Å². The first-order chi connectivity index (χ1) is 10.0. The molecule has 0 saturated carbocycles. The molecule has 0 radical (unpaired) electrons. The first-order valence-corrected chi connectivity index (χ1v) is 8.11. The van der Waals surface area contributed by atoms with Gasteiger partial charge in [0.15, 0.2) is 0 Å². The van der Waals surface area contributed by atoms with Gasteiger partial charge in [0.25, 0.3) is 0 Å². The van der Waals surface area contributed by atoms with Crippen molar-refractivity contribution in [1.29, 1.82) is 0 Å². The molecule has 21 heavy (non-hydrogen) atoms. The fourth-order valence-corrected chi connectivity index (χ4v) is 4.26. The maximum Gasteiger partial charge on any atom is 0.219 e. The molecule has 0 spiro atoms. The molecule has 0 aromatic heterocycles. The van der Waals surface area contributed by atoms with Gasteiger partial charge in [0.05, 0.1) is 6.04 Å². The second kappa shape index (κ2) is 5.45. The summed E-state index contributed by atoms with van der Waals surface area (Å²) >= 11 is 0. The molecule has 3 heteroatoms. The maximum absolute atomic E-state index is 12.1.